The van der Waals surface area contributed by atoms with Gasteiger partial charge in [0.25, 0.3) is 5.91 Å². The summed E-state index contributed by atoms with van der Waals surface area (Å²) in [5, 5.41) is 5.01. The van der Waals surface area contributed by atoms with Crippen LogP contribution in [-0.2, 0) is 16.1 Å². The zero-order valence-electron chi connectivity index (χ0n) is 17.6. The second-order valence-corrected chi connectivity index (χ2v) is 7.79. The van der Waals surface area contributed by atoms with Crippen molar-refractivity contribution in [3.8, 4) is 11.1 Å². The Kier molecular flexibility index (Phi) is 6.85. The van der Waals surface area contributed by atoms with Crippen molar-refractivity contribution in [2.45, 2.75) is 32.9 Å². The highest BCUT2D eigenvalue weighted by Gasteiger charge is 2.25. The van der Waals surface area contributed by atoms with Crippen LogP contribution >= 0.6 is 0 Å². The smallest absolute Gasteiger partial charge is 0.328 e. The fourth-order valence-corrected chi connectivity index (χ4v) is 3.66. The fraction of sp³-hybridized carbons (Fsp3) is 0.280. The average Bonchev–Trinajstić information content (AvgIpc) is 2.76. The lowest BCUT2D eigenvalue weighted by molar-refractivity contribution is -0.143. The topological polar surface area (TPSA) is 81.4 Å². The first-order valence-electron chi connectivity index (χ1n) is 10.1. The molecule has 5 nitrogen and oxygen atoms in total. The third-order valence-electron chi connectivity index (χ3n) is 5.14. The van der Waals surface area contributed by atoms with Crippen molar-refractivity contribution in [3.63, 3.8) is 0 Å². The number of hydrogen-bond donors (Lipinski definition) is 2. The van der Waals surface area contributed by atoms with E-state index in [1.807, 2.05) is 68.4 Å². The van der Waals surface area contributed by atoms with Gasteiger partial charge < -0.3 is 15.8 Å². The zero-order valence-corrected chi connectivity index (χ0v) is 17.6. The van der Waals surface area contributed by atoms with Gasteiger partial charge in [0.05, 0.1) is 7.11 Å². The summed E-state index contributed by atoms with van der Waals surface area (Å²) in [4.78, 5) is 25.4. The molecule has 3 rings (SSSR count). The van der Waals surface area contributed by atoms with E-state index >= 15 is 0 Å². The van der Waals surface area contributed by atoms with Crippen LogP contribution in [0, 0.1) is 5.92 Å². The van der Waals surface area contributed by atoms with Crippen LogP contribution in [0.3, 0.4) is 0 Å². The van der Waals surface area contributed by atoms with Crippen LogP contribution in [0.2, 0.25) is 0 Å². The van der Waals surface area contributed by atoms with Gasteiger partial charge in [0.15, 0.2) is 0 Å². The van der Waals surface area contributed by atoms with E-state index in [2.05, 4.69) is 5.32 Å². The maximum atomic E-state index is 13.2. The Bertz CT molecular complexity index is 1050. The second kappa shape index (κ2) is 9.55. The lowest BCUT2D eigenvalue weighted by Gasteiger charge is -2.20. The normalized spacial score (nSPS) is 12.0. The first-order chi connectivity index (χ1) is 14.4. The molecule has 0 radical (unpaired) electrons. The molecule has 0 aliphatic heterocycles. The Labute approximate surface area is 177 Å². The summed E-state index contributed by atoms with van der Waals surface area (Å²) in [5.41, 5.74) is 9.04. The summed E-state index contributed by atoms with van der Waals surface area (Å²) in [5.74, 6) is -0.522. The number of methoxy groups -OCH3 is 1. The highest BCUT2D eigenvalue weighted by molar-refractivity contribution is 6.07. The molecule has 0 bridgehead atoms. The third-order valence-corrected chi connectivity index (χ3v) is 5.14. The molecule has 3 aromatic rings. The molecule has 1 atom stereocenters. The van der Waals surface area contributed by atoms with E-state index < -0.39 is 12.0 Å². The first kappa shape index (κ1) is 21.5. The van der Waals surface area contributed by atoms with Crippen LogP contribution in [0.5, 0.6) is 0 Å². The Morgan fingerprint density at radius 3 is 2.43 bits per heavy atom. The van der Waals surface area contributed by atoms with Crippen molar-refractivity contribution in [1.82, 2.24) is 5.32 Å². The number of esters is 1. The number of hydrogen-bond acceptors (Lipinski definition) is 4. The quantitative estimate of drug-likeness (QED) is 0.576. The van der Waals surface area contributed by atoms with E-state index in [0.717, 1.165) is 27.5 Å². The summed E-state index contributed by atoms with van der Waals surface area (Å²) in [7, 11) is 1.33. The molecule has 0 aliphatic carbocycles. The monoisotopic (exact) mass is 404 g/mol. The van der Waals surface area contributed by atoms with E-state index in [4.69, 9.17) is 10.5 Å². The minimum atomic E-state index is -0.697. The van der Waals surface area contributed by atoms with Crippen molar-refractivity contribution < 1.29 is 14.3 Å². The lowest BCUT2D eigenvalue weighted by atomic mass is 9.92. The van der Waals surface area contributed by atoms with Gasteiger partial charge in [-0.15, -0.1) is 0 Å². The largest absolute Gasteiger partial charge is 0.467 e. The number of nitrogens with two attached hydrogens (primary N) is 1. The number of rotatable bonds is 7. The molecule has 0 saturated heterocycles. The summed E-state index contributed by atoms with van der Waals surface area (Å²) in [6.45, 7) is 4.37. The number of carbonyl (C=O) groups is 2. The van der Waals surface area contributed by atoms with Crippen LogP contribution < -0.4 is 11.1 Å². The maximum Gasteiger partial charge on any atom is 0.328 e. The summed E-state index contributed by atoms with van der Waals surface area (Å²) in [6.07, 6.45) is 0.503. The van der Waals surface area contributed by atoms with Crippen LogP contribution in [0.1, 0.15) is 36.2 Å². The molecule has 30 heavy (non-hydrogen) atoms. The summed E-state index contributed by atoms with van der Waals surface area (Å²) in [6, 6.07) is 18.9. The fourth-order valence-electron chi connectivity index (χ4n) is 3.66. The molecule has 0 saturated carbocycles. The van der Waals surface area contributed by atoms with Crippen molar-refractivity contribution in [2.24, 2.45) is 11.7 Å². The van der Waals surface area contributed by atoms with Gasteiger partial charge in [-0.05, 0) is 51.9 Å². The van der Waals surface area contributed by atoms with E-state index in [-0.39, 0.29) is 11.8 Å². The van der Waals surface area contributed by atoms with Crippen molar-refractivity contribution >= 4 is 22.6 Å². The number of carbonyl (C=O) groups excluding carboxylic acids is 2. The van der Waals surface area contributed by atoms with Gasteiger partial charge >= 0.3 is 5.97 Å². The number of fused-ring (bicyclic) bond motifs is 1. The molecular weight excluding hydrogens is 376 g/mol. The van der Waals surface area contributed by atoms with Gasteiger partial charge in [-0.3, -0.25) is 4.79 Å². The Morgan fingerprint density at radius 2 is 1.73 bits per heavy atom. The Morgan fingerprint density at radius 1 is 1.00 bits per heavy atom. The van der Waals surface area contributed by atoms with Gasteiger partial charge in [0.1, 0.15) is 6.04 Å². The van der Waals surface area contributed by atoms with Gasteiger partial charge in [-0.1, -0.05) is 62.4 Å². The predicted molar refractivity (Wildman–Crippen MR) is 120 cm³/mol. The van der Waals surface area contributed by atoms with Crippen LogP contribution in [0.4, 0.5) is 0 Å². The molecule has 156 valence electrons. The number of nitrogens with one attached hydrogen (secondary N) is 1. The minimum Gasteiger partial charge on any atom is -0.467 e. The number of amides is 1. The zero-order chi connectivity index (χ0) is 21.7. The molecule has 1 amide bonds. The van der Waals surface area contributed by atoms with Crippen molar-refractivity contribution in [1.29, 1.82) is 0 Å². The van der Waals surface area contributed by atoms with Crippen LogP contribution in [-0.4, -0.2) is 25.0 Å². The molecule has 0 unspecified atom stereocenters. The Hall–Kier alpha value is -3.18. The number of benzene rings is 3. The lowest BCUT2D eigenvalue weighted by Crippen LogP contribution is -2.42. The van der Waals surface area contributed by atoms with E-state index in [1.165, 1.54) is 7.11 Å². The molecule has 0 aliphatic rings. The molecule has 3 N–H and O–H groups in total. The van der Waals surface area contributed by atoms with E-state index in [9.17, 15) is 9.59 Å². The number of ether oxygens (including phenoxy) is 1. The highest BCUT2D eigenvalue weighted by Crippen LogP contribution is 2.32. The summed E-state index contributed by atoms with van der Waals surface area (Å²) >= 11 is 0. The standard InChI is InChI=1S/C25H28N2O3/c1-16(2)13-23(25(29)30-3)27-24(28)21-12-11-17(15-26)14-22(21)20-10-6-8-18-7-4-5-9-19(18)20/h4-12,14,16,23H,13,15,26H2,1-3H3,(H,27,28)/t23-/m0/s1. The molecule has 5 heteroatoms. The molecule has 0 aromatic heterocycles. The first-order valence-corrected chi connectivity index (χ1v) is 10.1. The van der Waals surface area contributed by atoms with Crippen LogP contribution in [0.25, 0.3) is 21.9 Å². The molecule has 0 heterocycles. The van der Waals surface area contributed by atoms with Gasteiger partial charge in [-0.25, -0.2) is 4.79 Å². The van der Waals surface area contributed by atoms with Crippen molar-refractivity contribution in [3.05, 3.63) is 71.8 Å². The second-order valence-electron chi connectivity index (χ2n) is 7.79. The van der Waals surface area contributed by atoms with E-state index in [0.29, 0.717) is 18.5 Å². The molecule has 0 spiro atoms. The third kappa shape index (κ3) is 4.69. The SMILES string of the molecule is COC(=O)[C@H](CC(C)C)NC(=O)c1ccc(CN)cc1-c1cccc2ccccc12. The highest BCUT2D eigenvalue weighted by atomic mass is 16.5. The van der Waals surface area contributed by atoms with Gasteiger partial charge in [0.2, 0.25) is 0 Å². The minimum absolute atomic E-state index is 0.228. The van der Waals surface area contributed by atoms with Crippen molar-refractivity contribution in [2.75, 3.05) is 7.11 Å². The summed E-state index contributed by atoms with van der Waals surface area (Å²) < 4.78 is 4.89. The molecular formula is C25H28N2O3. The average molecular weight is 405 g/mol. The molecule has 0 fully saturated rings. The maximum absolute atomic E-state index is 13.2. The van der Waals surface area contributed by atoms with E-state index in [1.54, 1.807) is 6.07 Å². The van der Waals surface area contributed by atoms with Crippen LogP contribution in [0.15, 0.2) is 60.7 Å². The van der Waals surface area contributed by atoms with Gasteiger partial charge in [-0.2, -0.15) is 0 Å². The van der Waals surface area contributed by atoms with Gasteiger partial charge in [0, 0.05) is 12.1 Å². The predicted octanol–water partition coefficient (Wildman–Crippen LogP) is 4.28. The molecule has 3 aromatic carbocycles. The Balaban J connectivity index is 2.07.